The van der Waals surface area contributed by atoms with Crippen molar-refractivity contribution >= 4 is 12.0 Å². The third kappa shape index (κ3) is 4.53. The molecule has 0 aromatic heterocycles. The average molecular weight is 331 g/mol. The second-order valence-corrected chi connectivity index (χ2v) is 6.28. The smallest absolute Gasteiger partial charge is 0.247 e. The topological polar surface area (TPSA) is 38.8 Å². The van der Waals surface area contributed by atoms with Crippen molar-refractivity contribution in [1.29, 1.82) is 0 Å². The second kappa shape index (κ2) is 8.76. The average Bonchev–Trinajstić information content (AvgIpc) is 2.55. The molecule has 0 spiro atoms. The number of piperidine rings is 1. The Morgan fingerprint density at radius 3 is 2.38 bits per heavy atom. The summed E-state index contributed by atoms with van der Waals surface area (Å²) in [6.07, 6.45) is 6.90. The number of likely N-dealkylation sites (tertiary alicyclic amines) is 1. The normalized spacial score (nSPS) is 21.1. The monoisotopic (exact) mass is 331 g/mol. The van der Waals surface area contributed by atoms with Crippen LogP contribution in [0.15, 0.2) is 24.3 Å². The molecule has 0 bridgehead atoms. The highest BCUT2D eigenvalue weighted by Gasteiger charge is 2.27. The van der Waals surface area contributed by atoms with Crippen LogP contribution in [0.4, 0.5) is 0 Å². The standard InChI is InChI=1S/C20H29NO3/c1-5-23-18-12-10-17(14-19(18)24-6-2)11-13-20(22)21-15(3)8-7-9-16(21)4/h10-16H,5-9H2,1-4H3/b13-11+. The molecule has 2 atom stereocenters. The van der Waals surface area contributed by atoms with Crippen LogP contribution in [0.3, 0.4) is 0 Å². The van der Waals surface area contributed by atoms with E-state index in [1.807, 2.05) is 43.0 Å². The lowest BCUT2D eigenvalue weighted by atomic mass is 9.97. The summed E-state index contributed by atoms with van der Waals surface area (Å²) in [5.74, 6) is 1.54. The molecule has 1 saturated heterocycles. The van der Waals surface area contributed by atoms with Crippen LogP contribution in [0.25, 0.3) is 6.08 Å². The summed E-state index contributed by atoms with van der Waals surface area (Å²) in [5, 5.41) is 0. The van der Waals surface area contributed by atoms with Crippen molar-refractivity contribution in [2.24, 2.45) is 0 Å². The van der Waals surface area contributed by atoms with Gasteiger partial charge in [0.1, 0.15) is 0 Å². The Bertz CT molecular complexity index is 572. The Kier molecular flexibility index (Phi) is 6.71. The minimum atomic E-state index is 0.0848. The van der Waals surface area contributed by atoms with Crippen LogP contribution in [0, 0.1) is 0 Å². The van der Waals surface area contributed by atoms with Gasteiger partial charge in [0.25, 0.3) is 0 Å². The van der Waals surface area contributed by atoms with Crippen LogP contribution < -0.4 is 9.47 Å². The lowest BCUT2D eigenvalue weighted by molar-refractivity contribution is -0.131. The highest BCUT2D eigenvalue weighted by Crippen LogP contribution is 2.29. The van der Waals surface area contributed by atoms with E-state index in [9.17, 15) is 4.79 Å². The van der Waals surface area contributed by atoms with Crippen LogP contribution in [-0.4, -0.2) is 36.1 Å². The predicted octanol–water partition coefficient (Wildman–Crippen LogP) is 4.29. The molecule has 24 heavy (non-hydrogen) atoms. The van der Waals surface area contributed by atoms with Crippen LogP contribution in [-0.2, 0) is 4.79 Å². The van der Waals surface area contributed by atoms with Crippen molar-refractivity contribution in [2.45, 2.75) is 59.0 Å². The zero-order valence-electron chi connectivity index (χ0n) is 15.2. The summed E-state index contributed by atoms with van der Waals surface area (Å²) >= 11 is 0. The van der Waals surface area contributed by atoms with E-state index >= 15 is 0 Å². The fourth-order valence-corrected chi connectivity index (χ4v) is 3.28. The van der Waals surface area contributed by atoms with Gasteiger partial charge >= 0.3 is 0 Å². The number of carbonyl (C=O) groups excluding carboxylic acids is 1. The third-order valence-electron chi connectivity index (χ3n) is 4.43. The fraction of sp³-hybridized carbons (Fsp3) is 0.550. The van der Waals surface area contributed by atoms with Crippen LogP contribution >= 0.6 is 0 Å². The van der Waals surface area contributed by atoms with Crippen molar-refractivity contribution in [3.8, 4) is 11.5 Å². The number of hydrogen-bond acceptors (Lipinski definition) is 3. The van der Waals surface area contributed by atoms with E-state index in [1.165, 1.54) is 6.42 Å². The Morgan fingerprint density at radius 1 is 1.12 bits per heavy atom. The molecule has 0 N–H and O–H groups in total. The van der Waals surface area contributed by atoms with E-state index in [1.54, 1.807) is 6.08 Å². The SMILES string of the molecule is CCOc1ccc(/C=C/C(=O)N2C(C)CCCC2C)cc1OCC. The summed E-state index contributed by atoms with van der Waals surface area (Å²) in [7, 11) is 0. The summed E-state index contributed by atoms with van der Waals surface area (Å²) in [6, 6.07) is 6.38. The quantitative estimate of drug-likeness (QED) is 0.730. The molecule has 1 fully saturated rings. The number of carbonyl (C=O) groups is 1. The molecule has 2 unspecified atom stereocenters. The molecule has 1 amide bonds. The lowest BCUT2D eigenvalue weighted by Gasteiger charge is -2.38. The van der Waals surface area contributed by atoms with Crippen LogP contribution in [0.2, 0.25) is 0 Å². The van der Waals surface area contributed by atoms with E-state index < -0.39 is 0 Å². The van der Waals surface area contributed by atoms with Gasteiger partial charge in [-0.25, -0.2) is 0 Å². The number of hydrogen-bond donors (Lipinski definition) is 0. The maximum absolute atomic E-state index is 12.6. The van der Waals surface area contributed by atoms with Gasteiger partial charge in [-0.1, -0.05) is 6.07 Å². The maximum Gasteiger partial charge on any atom is 0.247 e. The van der Waals surface area contributed by atoms with Crippen molar-refractivity contribution < 1.29 is 14.3 Å². The molecular weight excluding hydrogens is 302 g/mol. The molecule has 1 aromatic carbocycles. The summed E-state index contributed by atoms with van der Waals surface area (Å²) in [5.41, 5.74) is 0.938. The highest BCUT2D eigenvalue weighted by atomic mass is 16.5. The van der Waals surface area contributed by atoms with Gasteiger partial charge in [0.15, 0.2) is 11.5 Å². The van der Waals surface area contributed by atoms with Gasteiger partial charge in [-0.05, 0) is 70.7 Å². The van der Waals surface area contributed by atoms with Crippen molar-refractivity contribution in [3.05, 3.63) is 29.8 Å². The van der Waals surface area contributed by atoms with Gasteiger partial charge in [0, 0.05) is 18.2 Å². The van der Waals surface area contributed by atoms with Gasteiger partial charge in [0.2, 0.25) is 5.91 Å². The molecule has 4 heteroatoms. The first kappa shape index (κ1) is 18.4. The highest BCUT2D eigenvalue weighted by molar-refractivity contribution is 5.92. The largest absolute Gasteiger partial charge is 0.490 e. The maximum atomic E-state index is 12.6. The Morgan fingerprint density at radius 2 is 1.75 bits per heavy atom. The second-order valence-electron chi connectivity index (χ2n) is 6.28. The molecule has 1 heterocycles. The van der Waals surface area contributed by atoms with E-state index in [0.29, 0.717) is 31.0 Å². The van der Waals surface area contributed by atoms with Crippen molar-refractivity contribution in [2.75, 3.05) is 13.2 Å². The fourth-order valence-electron chi connectivity index (χ4n) is 3.28. The first-order chi connectivity index (χ1) is 11.6. The number of amides is 1. The van der Waals surface area contributed by atoms with Gasteiger partial charge in [-0.2, -0.15) is 0 Å². The molecule has 1 aromatic rings. The third-order valence-corrected chi connectivity index (χ3v) is 4.43. The van der Waals surface area contributed by atoms with Crippen LogP contribution in [0.5, 0.6) is 11.5 Å². The summed E-state index contributed by atoms with van der Waals surface area (Å²) in [4.78, 5) is 14.6. The van der Waals surface area contributed by atoms with Gasteiger partial charge in [-0.3, -0.25) is 4.79 Å². The Labute approximate surface area is 145 Å². The van der Waals surface area contributed by atoms with E-state index in [2.05, 4.69) is 13.8 Å². The van der Waals surface area contributed by atoms with E-state index in [4.69, 9.17) is 9.47 Å². The first-order valence-electron chi connectivity index (χ1n) is 8.96. The van der Waals surface area contributed by atoms with E-state index in [0.717, 1.165) is 24.2 Å². The predicted molar refractivity (Wildman–Crippen MR) is 97.4 cm³/mol. The molecule has 0 saturated carbocycles. The summed E-state index contributed by atoms with van der Waals surface area (Å²) in [6.45, 7) is 9.33. The number of rotatable bonds is 6. The first-order valence-corrected chi connectivity index (χ1v) is 8.96. The molecule has 0 aliphatic carbocycles. The van der Waals surface area contributed by atoms with Crippen LogP contribution in [0.1, 0.15) is 52.5 Å². The van der Waals surface area contributed by atoms with Crippen molar-refractivity contribution in [1.82, 2.24) is 4.90 Å². The summed E-state index contributed by atoms with van der Waals surface area (Å²) < 4.78 is 11.2. The van der Waals surface area contributed by atoms with Gasteiger partial charge in [0.05, 0.1) is 13.2 Å². The zero-order valence-corrected chi connectivity index (χ0v) is 15.2. The molecule has 1 aliphatic heterocycles. The minimum absolute atomic E-state index is 0.0848. The molecule has 132 valence electrons. The van der Waals surface area contributed by atoms with E-state index in [-0.39, 0.29) is 5.91 Å². The zero-order chi connectivity index (χ0) is 17.5. The van der Waals surface area contributed by atoms with Gasteiger partial charge < -0.3 is 14.4 Å². The molecule has 4 nitrogen and oxygen atoms in total. The molecule has 2 rings (SSSR count). The molecule has 0 radical (unpaired) electrons. The molecule has 1 aliphatic rings. The number of nitrogens with zero attached hydrogens (tertiary/aromatic N) is 1. The Hall–Kier alpha value is -1.97. The van der Waals surface area contributed by atoms with Gasteiger partial charge in [-0.15, -0.1) is 0 Å². The number of ether oxygens (including phenoxy) is 2. The van der Waals surface area contributed by atoms with Crippen molar-refractivity contribution in [3.63, 3.8) is 0 Å². The minimum Gasteiger partial charge on any atom is -0.490 e. The Balaban J connectivity index is 2.12. The lowest BCUT2D eigenvalue weighted by Crippen LogP contribution is -2.46. The molecular formula is C20H29NO3. The number of benzene rings is 1.